The van der Waals surface area contributed by atoms with Crippen molar-refractivity contribution in [3.05, 3.63) is 48.0 Å². The van der Waals surface area contributed by atoms with Gasteiger partial charge in [0.1, 0.15) is 17.1 Å². The number of hydrogen-bond donors (Lipinski definition) is 1. The second kappa shape index (κ2) is 8.80. The summed E-state index contributed by atoms with van der Waals surface area (Å²) in [7, 11) is 3.09. The normalized spacial score (nSPS) is 16.7. The molecule has 0 aliphatic carbocycles. The van der Waals surface area contributed by atoms with Gasteiger partial charge in [0.05, 0.1) is 14.2 Å². The minimum Gasteiger partial charge on any atom is -0.496 e. The Kier molecular flexibility index (Phi) is 6.22. The lowest BCUT2D eigenvalue weighted by atomic mass is 9.99. The Labute approximate surface area is 161 Å². The molecule has 27 heavy (non-hydrogen) atoms. The van der Waals surface area contributed by atoms with Crippen LogP contribution in [-0.2, 0) is 0 Å². The predicted molar refractivity (Wildman–Crippen MR) is 109 cm³/mol. The number of carbonyl (C=O) groups is 1. The molecule has 2 aromatic rings. The van der Waals surface area contributed by atoms with E-state index in [1.807, 2.05) is 12.1 Å². The summed E-state index contributed by atoms with van der Waals surface area (Å²) in [5.41, 5.74) is 2.37. The summed E-state index contributed by atoms with van der Waals surface area (Å²) in [6, 6.07) is 14.0. The molecule has 5 heteroatoms. The van der Waals surface area contributed by atoms with E-state index in [-0.39, 0.29) is 5.91 Å². The Morgan fingerprint density at radius 2 is 1.74 bits per heavy atom. The molecule has 1 unspecified atom stereocenters. The Morgan fingerprint density at radius 1 is 1.07 bits per heavy atom. The van der Waals surface area contributed by atoms with Gasteiger partial charge in [0.25, 0.3) is 5.91 Å². The molecule has 1 aliphatic heterocycles. The van der Waals surface area contributed by atoms with Gasteiger partial charge in [-0.1, -0.05) is 13.0 Å². The third-order valence-corrected chi connectivity index (χ3v) is 5.21. The first-order chi connectivity index (χ1) is 13.2. The highest BCUT2D eigenvalue weighted by Gasteiger charge is 2.21. The number of rotatable bonds is 6. The molecule has 1 heterocycles. The number of ether oxygens (including phenoxy) is 2. The molecule has 1 amide bonds. The molecule has 1 atom stereocenters. The van der Waals surface area contributed by atoms with Crippen LogP contribution in [0, 0.1) is 0 Å². The zero-order chi connectivity index (χ0) is 19.2. The van der Waals surface area contributed by atoms with Gasteiger partial charge in [0.2, 0.25) is 0 Å². The molecule has 2 aromatic carbocycles. The summed E-state index contributed by atoms with van der Waals surface area (Å²) >= 11 is 0. The third kappa shape index (κ3) is 4.18. The predicted octanol–water partition coefficient (Wildman–Crippen LogP) is 4.73. The molecule has 144 valence electrons. The summed E-state index contributed by atoms with van der Waals surface area (Å²) in [5, 5.41) is 2.95. The minimum atomic E-state index is -0.249. The number of piperidine rings is 1. The number of hydrogen-bond acceptors (Lipinski definition) is 4. The van der Waals surface area contributed by atoms with Crippen LogP contribution in [0.2, 0.25) is 0 Å². The second-order valence-corrected chi connectivity index (χ2v) is 6.79. The fourth-order valence-electron chi connectivity index (χ4n) is 3.77. The molecule has 1 fully saturated rings. The fourth-order valence-corrected chi connectivity index (χ4v) is 3.77. The van der Waals surface area contributed by atoms with Crippen molar-refractivity contribution in [2.75, 3.05) is 31.0 Å². The van der Waals surface area contributed by atoms with E-state index in [0.717, 1.165) is 18.7 Å². The van der Waals surface area contributed by atoms with Gasteiger partial charge in [-0.05, 0) is 62.1 Å². The minimum absolute atomic E-state index is 0.249. The van der Waals surface area contributed by atoms with Crippen molar-refractivity contribution in [2.45, 2.75) is 38.6 Å². The smallest absolute Gasteiger partial charge is 0.263 e. The quantitative estimate of drug-likeness (QED) is 0.801. The lowest BCUT2D eigenvalue weighted by molar-refractivity contribution is 0.102. The molecule has 0 aromatic heterocycles. The van der Waals surface area contributed by atoms with E-state index in [1.165, 1.54) is 24.9 Å². The molecular weight excluding hydrogens is 340 g/mol. The van der Waals surface area contributed by atoms with Crippen molar-refractivity contribution in [3.8, 4) is 11.5 Å². The highest BCUT2D eigenvalue weighted by Crippen LogP contribution is 2.30. The fraction of sp³-hybridized carbons (Fsp3) is 0.409. The maximum atomic E-state index is 12.8. The number of nitrogens with one attached hydrogen (secondary N) is 1. The van der Waals surface area contributed by atoms with E-state index in [0.29, 0.717) is 23.1 Å². The number of anilines is 2. The maximum absolute atomic E-state index is 12.8. The molecule has 1 N–H and O–H groups in total. The summed E-state index contributed by atoms with van der Waals surface area (Å²) in [6.45, 7) is 3.35. The average Bonchev–Trinajstić information content (AvgIpc) is 2.73. The van der Waals surface area contributed by atoms with Gasteiger partial charge in [-0.3, -0.25) is 4.79 Å². The third-order valence-electron chi connectivity index (χ3n) is 5.21. The molecule has 0 bridgehead atoms. The van der Waals surface area contributed by atoms with Crippen LogP contribution in [0.15, 0.2) is 42.5 Å². The molecule has 5 nitrogen and oxygen atoms in total. The zero-order valence-electron chi connectivity index (χ0n) is 16.3. The Balaban J connectivity index is 1.76. The van der Waals surface area contributed by atoms with Crippen LogP contribution in [0.4, 0.5) is 11.4 Å². The standard InChI is InChI=1S/C22H28N2O3/c1-4-17-8-5-6-15-24(17)18-13-11-16(12-14-18)23-22(25)21-19(26-2)9-7-10-20(21)27-3/h7,9-14,17H,4-6,8,15H2,1-3H3,(H,23,25). The van der Waals surface area contributed by atoms with Gasteiger partial charge in [-0.2, -0.15) is 0 Å². The van der Waals surface area contributed by atoms with Gasteiger partial charge in [-0.15, -0.1) is 0 Å². The molecule has 3 rings (SSSR count). The van der Waals surface area contributed by atoms with Crippen LogP contribution in [0.3, 0.4) is 0 Å². The number of benzene rings is 2. The second-order valence-electron chi connectivity index (χ2n) is 6.79. The van der Waals surface area contributed by atoms with E-state index in [1.54, 1.807) is 32.4 Å². The Bertz CT molecular complexity index is 751. The van der Waals surface area contributed by atoms with Crippen LogP contribution in [0.5, 0.6) is 11.5 Å². The van der Waals surface area contributed by atoms with Crippen LogP contribution in [0.1, 0.15) is 43.0 Å². The molecule has 0 spiro atoms. The molecule has 0 radical (unpaired) electrons. The number of carbonyl (C=O) groups excluding carboxylic acids is 1. The van der Waals surface area contributed by atoms with Crippen molar-refractivity contribution in [1.29, 1.82) is 0 Å². The topological polar surface area (TPSA) is 50.8 Å². The number of amides is 1. The van der Waals surface area contributed by atoms with Gasteiger partial charge >= 0.3 is 0 Å². The SMILES string of the molecule is CCC1CCCCN1c1ccc(NC(=O)c2c(OC)cccc2OC)cc1. The van der Waals surface area contributed by atoms with Gasteiger partial charge in [0, 0.05) is 24.0 Å². The number of nitrogens with zero attached hydrogens (tertiary/aromatic N) is 1. The summed E-state index contributed by atoms with van der Waals surface area (Å²) in [5.74, 6) is 0.728. The molecule has 1 saturated heterocycles. The summed E-state index contributed by atoms with van der Waals surface area (Å²) < 4.78 is 10.6. The van der Waals surface area contributed by atoms with Crippen LogP contribution in [0.25, 0.3) is 0 Å². The van der Waals surface area contributed by atoms with E-state index in [2.05, 4.69) is 29.3 Å². The van der Waals surface area contributed by atoms with Gasteiger partial charge in [0.15, 0.2) is 0 Å². The van der Waals surface area contributed by atoms with E-state index < -0.39 is 0 Å². The van der Waals surface area contributed by atoms with Crippen molar-refractivity contribution >= 4 is 17.3 Å². The van der Waals surface area contributed by atoms with Crippen molar-refractivity contribution in [2.24, 2.45) is 0 Å². The molecular formula is C22H28N2O3. The van der Waals surface area contributed by atoms with Crippen LogP contribution in [-0.4, -0.2) is 32.7 Å². The maximum Gasteiger partial charge on any atom is 0.263 e. The summed E-state index contributed by atoms with van der Waals surface area (Å²) in [6.07, 6.45) is 4.96. The van der Waals surface area contributed by atoms with Crippen molar-refractivity contribution in [3.63, 3.8) is 0 Å². The Morgan fingerprint density at radius 3 is 2.33 bits per heavy atom. The highest BCUT2D eigenvalue weighted by atomic mass is 16.5. The number of methoxy groups -OCH3 is 2. The van der Waals surface area contributed by atoms with E-state index in [9.17, 15) is 4.79 Å². The summed E-state index contributed by atoms with van der Waals surface area (Å²) in [4.78, 5) is 15.3. The lowest BCUT2D eigenvalue weighted by Crippen LogP contribution is -2.39. The first-order valence-electron chi connectivity index (χ1n) is 9.57. The van der Waals surface area contributed by atoms with Gasteiger partial charge in [-0.25, -0.2) is 0 Å². The van der Waals surface area contributed by atoms with Crippen LogP contribution >= 0.6 is 0 Å². The first kappa shape index (κ1) is 19.1. The van der Waals surface area contributed by atoms with E-state index >= 15 is 0 Å². The lowest BCUT2D eigenvalue weighted by Gasteiger charge is -2.37. The largest absolute Gasteiger partial charge is 0.496 e. The van der Waals surface area contributed by atoms with Crippen molar-refractivity contribution < 1.29 is 14.3 Å². The monoisotopic (exact) mass is 368 g/mol. The first-order valence-corrected chi connectivity index (χ1v) is 9.57. The van der Waals surface area contributed by atoms with Gasteiger partial charge < -0.3 is 19.7 Å². The zero-order valence-corrected chi connectivity index (χ0v) is 16.3. The molecule has 0 saturated carbocycles. The van der Waals surface area contributed by atoms with Crippen LogP contribution < -0.4 is 19.7 Å². The van der Waals surface area contributed by atoms with Crippen molar-refractivity contribution in [1.82, 2.24) is 0 Å². The Hall–Kier alpha value is -2.69. The highest BCUT2D eigenvalue weighted by molar-refractivity contribution is 6.08. The molecule has 1 aliphatic rings. The van der Waals surface area contributed by atoms with E-state index in [4.69, 9.17) is 9.47 Å². The average molecular weight is 368 g/mol.